The van der Waals surface area contributed by atoms with Gasteiger partial charge in [0.05, 0.1) is 12.2 Å². The largest absolute Gasteiger partial charge is 0.494 e. The molecule has 0 bridgehead atoms. The van der Waals surface area contributed by atoms with Gasteiger partial charge in [-0.3, -0.25) is 0 Å². The van der Waals surface area contributed by atoms with Crippen LogP contribution in [0.1, 0.15) is 61.4 Å². The number of hydrogen-bond acceptors (Lipinski definition) is 3. The molecule has 0 aromatic heterocycles. The van der Waals surface area contributed by atoms with Gasteiger partial charge in [-0.1, -0.05) is 51.2 Å². The number of carbonyl (C=O) groups excluding carboxylic acids is 1. The topological polar surface area (TPSA) is 35.5 Å². The van der Waals surface area contributed by atoms with E-state index in [-0.39, 0.29) is 5.97 Å². The molecule has 3 heteroatoms. The minimum Gasteiger partial charge on any atom is -0.494 e. The molecule has 1 aliphatic rings. The summed E-state index contributed by atoms with van der Waals surface area (Å²) in [4.78, 5) is 12.4. The molecule has 0 N–H and O–H groups in total. The van der Waals surface area contributed by atoms with Crippen LogP contribution in [0.5, 0.6) is 11.5 Å². The van der Waals surface area contributed by atoms with Gasteiger partial charge in [-0.2, -0.15) is 0 Å². The second kappa shape index (κ2) is 11.6. The third-order valence-corrected chi connectivity index (χ3v) is 4.92. The fraction of sp³-hybridized carbons (Fsp3) is 0.308. The molecular formula is C26H29O3. The van der Waals surface area contributed by atoms with Crippen molar-refractivity contribution in [1.82, 2.24) is 0 Å². The molecule has 151 valence electrons. The van der Waals surface area contributed by atoms with Crippen LogP contribution >= 0.6 is 0 Å². The van der Waals surface area contributed by atoms with Gasteiger partial charge in [0, 0.05) is 5.92 Å². The van der Waals surface area contributed by atoms with E-state index in [0.29, 0.717) is 17.9 Å². The predicted octanol–water partition coefficient (Wildman–Crippen LogP) is 6.40. The van der Waals surface area contributed by atoms with Crippen LogP contribution in [0.15, 0.2) is 48.5 Å². The van der Waals surface area contributed by atoms with E-state index in [2.05, 4.69) is 19.8 Å². The fourth-order valence-corrected chi connectivity index (χ4v) is 3.21. The summed E-state index contributed by atoms with van der Waals surface area (Å²) in [5.74, 6) is 2.11. The number of rotatable bonds is 11. The van der Waals surface area contributed by atoms with Crippen LogP contribution < -0.4 is 9.47 Å². The van der Waals surface area contributed by atoms with Crippen LogP contribution in [-0.2, 0) is 0 Å². The molecule has 0 atom stereocenters. The van der Waals surface area contributed by atoms with Gasteiger partial charge in [-0.05, 0) is 74.1 Å². The lowest BCUT2D eigenvalue weighted by Gasteiger charge is -2.10. The summed E-state index contributed by atoms with van der Waals surface area (Å²) in [5.41, 5.74) is 1.61. The average molecular weight is 390 g/mol. The van der Waals surface area contributed by atoms with Crippen LogP contribution in [0.3, 0.4) is 0 Å². The van der Waals surface area contributed by atoms with Crippen LogP contribution in [-0.4, -0.2) is 12.6 Å². The Morgan fingerprint density at radius 1 is 0.759 bits per heavy atom. The van der Waals surface area contributed by atoms with Crippen LogP contribution in [0.2, 0.25) is 0 Å². The zero-order valence-corrected chi connectivity index (χ0v) is 17.1. The van der Waals surface area contributed by atoms with Gasteiger partial charge in [0.25, 0.3) is 0 Å². The number of benzene rings is 2. The van der Waals surface area contributed by atoms with Crippen molar-refractivity contribution in [3.05, 3.63) is 91.3 Å². The highest BCUT2D eigenvalue weighted by molar-refractivity contribution is 5.91. The van der Waals surface area contributed by atoms with Crippen molar-refractivity contribution in [3.63, 3.8) is 0 Å². The SMILES string of the molecule is CCCCCCCCOc1ccc(C(=O)Oc2ccc([C]3[CH][CH][CH][CH]3)cc2)cc1. The lowest BCUT2D eigenvalue weighted by molar-refractivity contribution is 0.0734. The van der Waals surface area contributed by atoms with Crippen molar-refractivity contribution in [1.29, 1.82) is 0 Å². The summed E-state index contributed by atoms with van der Waals surface area (Å²) in [6.45, 7) is 2.94. The minimum atomic E-state index is -0.367. The predicted molar refractivity (Wildman–Crippen MR) is 116 cm³/mol. The molecule has 2 aromatic rings. The van der Waals surface area contributed by atoms with Gasteiger partial charge in [0.15, 0.2) is 0 Å². The molecule has 0 amide bonds. The number of unbranched alkanes of at least 4 members (excludes halogenated alkanes) is 5. The van der Waals surface area contributed by atoms with E-state index >= 15 is 0 Å². The van der Waals surface area contributed by atoms with Crippen LogP contribution in [0.25, 0.3) is 0 Å². The van der Waals surface area contributed by atoms with E-state index in [1.165, 1.54) is 32.1 Å². The molecule has 0 unspecified atom stereocenters. The van der Waals surface area contributed by atoms with Crippen LogP contribution in [0, 0.1) is 31.6 Å². The Morgan fingerprint density at radius 3 is 2.07 bits per heavy atom. The molecular weight excluding hydrogens is 360 g/mol. The molecule has 1 aliphatic carbocycles. The summed E-state index contributed by atoms with van der Waals surface area (Å²) in [6, 6.07) is 14.7. The molecule has 1 saturated carbocycles. The zero-order valence-electron chi connectivity index (χ0n) is 17.1. The van der Waals surface area contributed by atoms with Crippen molar-refractivity contribution < 1.29 is 14.3 Å². The van der Waals surface area contributed by atoms with Crippen molar-refractivity contribution in [3.8, 4) is 11.5 Å². The first-order chi connectivity index (χ1) is 14.3. The number of esters is 1. The third-order valence-electron chi connectivity index (χ3n) is 4.92. The molecule has 2 aromatic carbocycles. The van der Waals surface area contributed by atoms with Crippen molar-refractivity contribution in [2.75, 3.05) is 6.61 Å². The van der Waals surface area contributed by atoms with Gasteiger partial charge >= 0.3 is 5.97 Å². The standard InChI is InChI=1S/C26H29O3/c1-2-3-4-5-6-9-20-28-24-16-14-23(15-17-24)26(27)29-25-18-12-22(13-19-25)21-10-7-8-11-21/h7-8,10-19H,2-6,9,20H2,1H3. The number of carbonyl (C=O) groups is 1. The first-order valence-electron chi connectivity index (χ1n) is 10.5. The number of hydrogen-bond donors (Lipinski definition) is 0. The van der Waals surface area contributed by atoms with Gasteiger partial charge in [0.2, 0.25) is 0 Å². The fourth-order valence-electron chi connectivity index (χ4n) is 3.21. The summed E-state index contributed by atoms with van der Waals surface area (Å²) < 4.78 is 11.2. The summed E-state index contributed by atoms with van der Waals surface area (Å²) >= 11 is 0. The minimum absolute atomic E-state index is 0.367. The molecule has 0 spiro atoms. The summed E-state index contributed by atoms with van der Waals surface area (Å²) in [7, 11) is 0. The van der Waals surface area contributed by atoms with Crippen molar-refractivity contribution in [2.24, 2.45) is 0 Å². The lowest BCUT2D eigenvalue weighted by atomic mass is 9.98. The van der Waals surface area contributed by atoms with Crippen molar-refractivity contribution in [2.45, 2.75) is 45.4 Å². The normalized spacial score (nSPS) is 14.1. The smallest absolute Gasteiger partial charge is 0.343 e. The Bertz CT molecular complexity index is 728. The first-order valence-corrected chi connectivity index (χ1v) is 10.5. The van der Waals surface area contributed by atoms with E-state index < -0.39 is 0 Å². The van der Waals surface area contributed by atoms with Gasteiger partial charge in [-0.25, -0.2) is 4.79 Å². The third kappa shape index (κ3) is 6.92. The Kier molecular flexibility index (Phi) is 8.60. The lowest BCUT2D eigenvalue weighted by Crippen LogP contribution is -2.08. The maximum atomic E-state index is 12.4. The highest BCUT2D eigenvalue weighted by Crippen LogP contribution is 2.31. The number of ether oxygens (including phenoxy) is 2. The van der Waals surface area contributed by atoms with E-state index in [0.717, 1.165) is 23.7 Å². The molecule has 0 aliphatic heterocycles. The Hall–Kier alpha value is -2.29. The molecule has 3 rings (SSSR count). The Labute approximate surface area is 175 Å². The maximum Gasteiger partial charge on any atom is 0.343 e. The Balaban J connectivity index is 1.41. The monoisotopic (exact) mass is 389 g/mol. The highest BCUT2D eigenvalue weighted by Gasteiger charge is 2.19. The van der Waals surface area contributed by atoms with E-state index in [9.17, 15) is 4.79 Å². The summed E-state index contributed by atoms with van der Waals surface area (Å²) in [6.07, 6.45) is 15.5. The molecule has 1 fully saturated rings. The van der Waals surface area contributed by atoms with Gasteiger partial charge in [0.1, 0.15) is 11.5 Å². The molecule has 5 radical (unpaired) electrons. The van der Waals surface area contributed by atoms with Gasteiger partial charge in [-0.15, -0.1) is 0 Å². The summed E-state index contributed by atoms with van der Waals surface area (Å²) in [5, 5.41) is 0. The maximum absolute atomic E-state index is 12.4. The first kappa shape index (κ1) is 21.4. The van der Waals surface area contributed by atoms with Gasteiger partial charge < -0.3 is 9.47 Å². The van der Waals surface area contributed by atoms with E-state index in [1.807, 2.05) is 49.2 Å². The molecule has 0 saturated heterocycles. The average Bonchev–Trinajstić information content (AvgIpc) is 3.29. The van der Waals surface area contributed by atoms with E-state index in [1.54, 1.807) is 12.1 Å². The highest BCUT2D eigenvalue weighted by atomic mass is 16.5. The zero-order chi connectivity index (χ0) is 20.3. The quantitative estimate of drug-likeness (QED) is 0.253. The second-order valence-electron chi connectivity index (χ2n) is 7.23. The molecule has 29 heavy (non-hydrogen) atoms. The Morgan fingerprint density at radius 2 is 1.38 bits per heavy atom. The van der Waals surface area contributed by atoms with Crippen LogP contribution in [0.4, 0.5) is 0 Å². The molecule has 0 heterocycles. The molecule has 3 nitrogen and oxygen atoms in total. The van der Waals surface area contributed by atoms with Crippen molar-refractivity contribution >= 4 is 5.97 Å². The second-order valence-corrected chi connectivity index (χ2v) is 7.23. The van der Waals surface area contributed by atoms with E-state index in [4.69, 9.17) is 9.47 Å².